The van der Waals surface area contributed by atoms with E-state index in [0.29, 0.717) is 6.54 Å². The van der Waals surface area contributed by atoms with Gasteiger partial charge >= 0.3 is 0 Å². The van der Waals surface area contributed by atoms with E-state index in [9.17, 15) is 4.79 Å². The number of halogens is 1. The van der Waals surface area contributed by atoms with Crippen molar-refractivity contribution in [1.29, 1.82) is 0 Å². The van der Waals surface area contributed by atoms with Crippen molar-refractivity contribution in [3.05, 3.63) is 50.1 Å². The zero-order chi connectivity index (χ0) is 13.4. The van der Waals surface area contributed by atoms with Gasteiger partial charge in [0.1, 0.15) is 4.88 Å². The highest BCUT2D eigenvalue weighted by atomic mass is 79.9. The van der Waals surface area contributed by atoms with Gasteiger partial charge < -0.3 is 10.6 Å². The second-order valence-electron chi connectivity index (χ2n) is 4.56. The van der Waals surface area contributed by atoms with E-state index in [1.165, 1.54) is 16.9 Å². The molecule has 0 aliphatic carbocycles. The minimum atomic E-state index is 0.0925. The molecule has 1 amide bonds. The fourth-order valence-electron chi connectivity index (χ4n) is 2.40. The van der Waals surface area contributed by atoms with Crippen LogP contribution >= 0.6 is 27.3 Å². The number of rotatable bonds is 1. The molecular weight excluding hydrogens is 324 g/mol. The van der Waals surface area contributed by atoms with Crippen molar-refractivity contribution < 1.29 is 4.79 Å². The Morgan fingerprint density at radius 1 is 1.37 bits per heavy atom. The number of benzene rings is 1. The van der Waals surface area contributed by atoms with Crippen LogP contribution in [0.3, 0.4) is 0 Å². The third kappa shape index (κ3) is 2.28. The molecule has 1 aromatic carbocycles. The van der Waals surface area contributed by atoms with Crippen molar-refractivity contribution in [2.45, 2.75) is 13.0 Å². The number of anilines is 1. The first kappa shape index (κ1) is 12.7. The summed E-state index contributed by atoms with van der Waals surface area (Å²) in [5, 5.41) is 1.92. The normalized spacial score (nSPS) is 14.3. The van der Waals surface area contributed by atoms with Crippen LogP contribution in [0, 0.1) is 0 Å². The molecular formula is C14H13BrN2OS. The quantitative estimate of drug-likeness (QED) is 0.812. The first-order valence-electron chi connectivity index (χ1n) is 6.05. The second kappa shape index (κ2) is 4.98. The van der Waals surface area contributed by atoms with Crippen LogP contribution in [0.1, 0.15) is 20.8 Å². The van der Waals surface area contributed by atoms with Gasteiger partial charge in [-0.25, -0.2) is 0 Å². The van der Waals surface area contributed by atoms with Crippen LogP contribution in [-0.4, -0.2) is 17.4 Å². The van der Waals surface area contributed by atoms with Gasteiger partial charge in [0.05, 0.1) is 0 Å². The zero-order valence-corrected chi connectivity index (χ0v) is 12.6. The van der Waals surface area contributed by atoms with Crippen molar-refractivity contribution in [2.75, 3.05) is 12.3 Å². The number of thiophene rings is 1. The third-order valence-corrected chi connectivity index (χ3v) is 5.23. The Hall–Kier alpha value is -1.33. The van der Waals surface area contributed by atoms with Crippen molar-refractivity contribution >= 4 is 38.9 Å². The maximum Gasteiger partial charge on any atom is 0.265 e. The molecule has 2 aromatic rings. The second-order valence-corrected chi connectivity index (χ2v) is 6.33. The van der Waals surface area contributed by atoms with Crippen molar-refractivity contribution in [3.63, 3.8) is 0 Å². The van der Waals surface area contributed by atoms with E-state index in [1.807, 2.05) is 28.5 Å². The Morgan fingerprint density at radius 3 is 2.95 bits per heavy atom. The predicted molar refractivity (Wildman–Crippen MR) is 81.3 cm³/mol. The molecule has 0 atom stereocenters. The third-order valence-electron chi connectivity index (χ3n) is 3.40. The van der Waals surface area contributed by atoms with Gasteiger partial charge in [-0.05, 0) is 51.0 Å². The summed E-state index contributed by atoms with van der Waals surface area (Å²) in [6.45, 7) is 1.37. The van der Waals surface area contributed by atoms with Gasteiger partial charge in [-0.2, -0.15) is 0 Å². The smallest absolute Gasteiger partial charge is 0.265 e. The van der Waals surface area contributed by atoms with Crippen LogP contribution < -0.4 is 5.73 Å². The number of nitrogen functional groups attached to an aromatic ring is 1. The van der Waals surface area contributed by atoms with Crippen LogP contribution in [0.4, 0.5) is 5.69 Å². The molecule has 98 valence electrons. The first-order chi connectivity index (χ1) is 9.16. The summed E-state index contributed by atoms with van der Waals surface area (Å²) in [5.41, 5.74) is 9.16. The lowest BCUT2D eigenvalue weighted by molar-refractivity contribution is 0.0739. The number of amides is 1. The lowest BCUT2D eigenvalue weighted by atomic mass is 9.98. The largest absolute Gasteiger partial charge is 0.398 e. The summed E-state index contributed by atoms with van der Waals surface area (Å²) in [4.78, 5) is 15.1. The SMILES string of the molecule is Nc1cccc2c1CCN(C(=O)c1sccc1Br)C2. The van der Waals surface area contributed by atoms with Crippen molar-refractivity contribution in [1.82, 2.24) is 4.90 Å². The maximum absolute atomic E-state index is 12.5. The molecule has 0 saturated heterocycles. The zero-order valence-electron chi connectivity index (χ0n) is 10.2. The molecule has 0 fully saturated rings. The maximum atomic E-state index is 12.5. The number of carbonyl (C=O) groups is 1. The van der Waals surface area contributed by atoms with Crippen LogP contribution in [-0.2, 0) is 13.0 Å². The van der Waals surface area contributed by atoms with E-state index in [1.54, 1.807) is 0 Å². The fourth-order valence-corrected chi connectivity index (χ4v) is 3.91. The molecule has 5 heteroatoms. The molecule has 3 nitrogen and oxygen atoms in total. The summed E-state index contributed by atoms with van der Waals surface area (Å²) in [6.07, 6.45) is 0.830. The summed E-state index contributed by atoms with van der Waals surface area (Å²) in [5.74, 6) is 0.0925. The van der Waals surface area contributed by atoms with Crippen molar-refractivity contribution in [2.24, 2.45) is 0 Å². The van der Waals surface area contributed by atoms with Gasteiger partial charge in [0.2, 0.25) is 0 Å². The van der Waals surface area contributed by atoms with E-state index in [2.05, 4.69) is 22.0 Å². The van der Waals surface area contributed by atoms with Crippen LogP contribution in [0.2, 0.25) is 0 Å². The Morgan fingerprint density at radius 2 is 2.21 bits per heavy atom. The molecule has 2 N–H and O–H groups in total. The molecule has 19 heavy (non-hydrogen) atoms. The molecule has 1 aromatic heterocycles. The Kier molecular flexibility index (Phi) is 3.33. The van der Waals surface area contributed by atoms with Crippen LogP contribution in [0.25, 0.3) is 0 Å². The molecule has 0 spiro atoms. The lowest BCUT2D eigenvalue weighted by Crippen LogP contribution is -2.36. The number of hydrogen-bond donors (Lipinski definition) is 1. The van der Waals surface area contributed by atoms with E-state index in [0.717, 1.165) is 33.6 Å². The molecule has 1 aliphatic heterocycles. The lowest BCUT2D eigenvalue weighted by Gasteiger charge is -2.29. The fraction of sp³-hybridized carbons (Fsp3) is 0.214. The summed E-state index contributed by atoms with van der Waals surface area (Å²) < 4.78 is 0.876. The summed E-state index contributed by atoms with van der Waals surface area (Å²) in [7, 11) is 0. The van der Waals surface area contributed by atoms with Crippen LogP contribution in [0.5, 0.6) is 0 Å². The van der Waals surface area contributed by atoms with Gasteiger partial charge in [0.15, 0.2) is 0 Å². The van der Waals surface area contributed by atoms with Gasteiger partial charge in [-0.15, -0.1) is 11.3 Å². The highest BCUT2D eigenvalue weighted by Gasteiger charge is 2.24. The molecule has 0 saturated carbocycles. The minimum absolute atomic E-state index is 0.0925. The van der Waals surface area contributed by atoms with Gasteiger partial charge in [0.25, 0.3) is 5.91 Å². The van der Waals surface area contributed by atoms with E-state index < -0.39 is 0 Å². The molecule has 3 rings (SSSR count). The molecule has 0 radical (unpaired) electrons. The number of nitrogens with zero attached hydrogens (tertiary/aromatic N) is 1. The predicted octanol–water partition coefficient (Wildman–Crippen LogP) is 3.29. The average molecular weight is 337 g/mol. The number of hydrogen-bond acceptors (Lipinski definition) is 3. The van der Waals surface area contributed by atoms with E-state index in [-0.39, 0.29) is 5.91 Å². The Labute approximate surface area is 124 Å². The highest BCUT2D eigenvalue weighted by Crippen LogP contribution is 2.28. The minimum Gasteiger partial charge on any atom is -0.398 e. The first-order valence-corrected chi connectivity index (χ1v) is 7.72. The van der Waals surface area contributed by atoms with Crippen molar-refractivity contribution in [3.8, 4) is 0 Å². The molecule has 0 unspecified atom stereocenters. The monoisotopic (exact) mass is 336 g/mol. The number of fused-ring (bicyclic) bond motifs is 1. The van der Waals surface area contributed by atoms with Gasteiger partial charge in [-0.3, -0.25) is 4.79 Å². The van der Waals surface area contributed by atoms with E-state index in [4.69, 9.17) is 5.73 Å². The van der Waals surface area contributed by atoms with E-state index >= 15 is 0 Å². The van der Waals surface area contributed by atoms with Gasteiger partial charge in [0, 0.05) is 23.2 Å². The average Bonchev–Trinajstić information content (AvgIpc) is 2.84. The standard InChI is InChI=1S/C14H13BrN2OS/c15-11-5-7-19-13(11)14(18)17-6-4-10-9(8-17)2-1-3-12(10)16/h1-3,5,7H,4,6,8,16H2. The van der Waals surface area contributed by atoms with Crippen LogP contribution in [0.15, 0.2) is 34.1 Å². The topological polar surface area (TPSA) is 46.3 Å². The van der Waals surface area contributed by atoms with Gasteiger partial charge in [-0.1, -0.05) is 12.1 Å². The molecule has 0 bridgehead atoms. The highest BCUT2D eigenvalue weighted by molar-refractivity contribution is 9.10. The molecule has 1 aliphatic rings. The Balaban J connectivity index is 1.87. The molecule has 2 heterocycles. The summed E-state index contributed by atoms with van der Waals surface area (Å²) in [6, 6.07) is 7.83. The Bertz CT molecular complexity index is 638. The summed E-state index contributed by atoms with van der Waals surface area (Å²) >= 11 is 4.89. The number of carbonyl (C=O) groups excluding carboxylic acids is 1. The number of nitrogens with two attached hydrogens (primary N) is 1.